The highest BCUT2D eigenvalue weighted by Gasteiger charge is 2.21. The molecule has 3 heterocycles. The summed E-state index contributed by atoms with van der Waals surface area (Å²) in [5.74, 6) is -0.584. The molecule has 0 radical (unpaired) electrons. The van der Waals surface area contributed by atoms with Crippen LogP contribution in [-0.4, -0.2) is 33.3 Å². The number of hydrogen-bond acceptors (Lipinski definition) is 7. The molecule has 0 fully saturated rings. The molecular weight excluding hydrogens is 486 g/mol. The Labute approximate surface area is 207 Å². The molecule has 0 saturated carbocycles. The third-order valence-corrected chi connectivity index (χ3v) is 7.21. The largest absolute Gasteiger partial charge is 0.375 e. The SMILES string of the molecule is CC[C@@H](Nc1c(Cl)c(C)nc2cc(F)c(-c3cnc(P(C)(C)=O)nc3)nc12)c1cccc(C#N)c1. The molecule has 7 nitrogen and oxygen atoms in total. The maximum Gasteiger partial charge on any atom is 0.188 e. The second kappa shape index (κ2) is 9.69. The van der Waals surface area contributed by atoms with Crippen molar-refractivity contribution in [3.8, 4) is 17.3 Å². The molecule has 4 aromatic rings. The second-order valence-corrected chi connectivity index (χ2v) is 12.0. The van der Waals surface area contributed by atoms with Gasteiger partial charge in [0.05, 0.1) is 39.6 Å². The topological polar surface area (TPSA) is 104 Å². The van der Waals surface area contributed by atoms with Crippen molar-refractivity contribution in [2.24, 2.45) is 0 Å². The lowest BCUT2D eigenvalue weighted by Gasteiger charge is -2.22. The van der Waals surface area contributed by atoms with Crippen LogP contribution >= 0.6 is 18.7 Å². The Bertz CT molecular complexity index is 1510. The van der Waals surface area contributed by atoms with Crippen molar-refractivity contribution in [2.75, 3.05) is 18.6 Å². The van der Waals surface area contributed by atoms with E-state index in [9.17, 15) is 9.83 Å². The number of nitrogens with zero attached hydrogens (tertiary/aromatic N) is 5. The van der Waals surface area contributed by atoms with Crippen LogP contribution in [0.15, 0.2) is 42.7 Å². The van der Waals surface area contributed by atoms with Crippen LogP contribution in [0.5, 0.6) is 0 Å². The molecular formula is C25H23ClFN6OP. The monoisotopic (exact) mass is 508 g/mol. The van der Waals surface area contributed by atoms with Crippen LogP contribution in [0.25, 0.3) is 22.3 Å². The van der Waals surface area contributed by atoms with E-state index in [4.69, 9.17) is 11.6 Å². The molecule has 0 aliphatic rings. The number of benzene rings is 1. The van der Waals surface area contributed by atoms with E-state index in [1.54, 1.807) is 26.3 Å². The minimum absolute atomic E-state index is 0.0374. The van der Waals surface area contributed by atoms with E-state index in [0.717, 1.165) is 5.56 Å². The molecule has 1 N–H and O–H groups in total. The minimum Gasteiger partial charge on any atom is -0.375 e. The lowest BCUT2D eigenvalue weighted by Crippen LogP contribution is -2.13. The number of anilines is 1. The molecule has 1 atom stereocenters. The molecule has 0 amide bonds. The summed E-state index contributed by atoms with van der Waals surface area (Å²) in [4.78, 5) is 17.3. The van der Waals surface area contributed by atoms with Gasteiger partial charge in [0.1, 0.15) is 18.4 Å². The zero-order chi connectivity index (χ0) is 25.3. The number of hydrogen-bond donors (Lipinski definition) is 1. The number of aryl methyl sites for hydroxylation is 1. The van der Waals surface area contributed by atoms with Gasteiger partial charge in [-0.25, -0.2) is 24.3 Å². The van der Waals surface area contributed by atoms with Crippen LogP contribution in [0.4, 0.5) is 10.1 Å². The zero-order valence-corrected chi connectivity index (χ0v) is 21.3. The van der Waals surface area contributed by atoms with E-state index < -0.39 is 13.0 Å². The van der Waals surface area contributed by atoms with Gasteiger partial charge in [-0.15, -0.1) is 0 Å². The summed E-state index contributed by atoms with van der Waals surface area (Å²) >= 11 is 6.66. The fourth-order valence-corrected chi connectivity index (χ4v) is 4.60. The van der Waals surface area contributed by atoms with Crippen LogP contribution in [0.2, 0.25) is 5.02 Å². The average molecular weight is 509 g/mol. The lowest BCUT2D eigenvalue weighted by atomic mass is 10.0. The Morgan fingerprint density at radius 3 is 2.54 bits per heavy atom. The summed E-state index contributed by atoms with van der Waals surface area (Å²) in [6.07, 6.45) is 3.53. The fraction of sp³-hybridized carbons (Fsp3) is 0.240. The molecule has 1 aromatic carbocycles. The van der Waals surface area contributed by atoms with Crippen LogP contribution in [0.1, 0.15) is 36.2 Å². The van der Waals surface area contributed by atoms with Gasteiger partial charge in [0.15, 0.2) is 11.4 Å². The third kappa shape index (κ3) is 5.02. The van der Waals surface area contributed by atoms with Crippen molar-refractivity contribution in [1.29, 1.82) is 5.26 Å². The van der Waals surface area contributed by atoms with Crippen molar-refractivity contribution in [3.63, 3.8) is 0 Å². The summed E-state index contributed by atoms with van der Waals surface area (Å²) in [7, 11) is -2.65. The van der Waals surface area contributed by atoms with Gasteiger partial charge in [0, 0.05) is 24.0 Å². The molecule has 0 unspecified atom stereocenters. The summed E-state index contributed by atoms with van der Waals surface area (Å²) < 4.78 is 27.3. The van der Waals surface area contributed by atoms with Gasteiger partial charge in [0.25, 0.3) is 0 Å². The van der Waals surface area contributed by atoms with Crippen molar-refractivity contribution >= 4 is 41.0 Å². The van der Waals surface area contributed by atoms with Gasteiger partial charge in [-0.05, 0) is 44.4 Å². The Balaban J connectivity index is 1.84. The Kier molecular flexibility index (Phi) is 6.84. The molecule has 0 aliphatic carbocycles. The first-order valence-corrected chi connectivity index (χ1v) is 13.9. The summed E-state index contributed by atoms with van der Waals surface area (Å²) in [6, 6.07) is 10.6. The second-order valence-electron chi connectivity index (χ2n) is 8.54. The van der Waals surface area contributed by atoms with E-state index >= 15 is 4.39 Å². The first-order chi connectivity index (χ1) is 16.6. The normalized spacial score (nSPS) is 12.4. The van der Waals surface area contributed by atoms with Crippen LogP contribution in [0.3, 0.4) is 0 Å². The first-order valence-electron chi connectivity index (χ1n) is 10.9. The number of nitrogens with one attached hydrogen (secondary N) is 1. The maximum atomic E-state index is 15.1. The molecule has 0 saturated heterocycles. The lowest BCUT2D eigenvalue weighted by molar-refractivity contribution is 0.587. The van der Waals surface area contributed by atoms with Crippen molar-refractivity contribution < 1.29 is 8.96 Å². The van der Waals surface area contributed by atoms with E-state index in [0.29, 0.717) is 45.0 Å². The summed E-state index contributed by atoms with van der Waals surface area (Å²) in [6.45, 7) is 6.90. The van der Waals surface area contributed by atoms with E-state index in [2.05, 4.69) is 31.3 Å². The molecule has 4 rings (SSSR count). The fourth-order valence-electron chi connectivity index (χ4n) is 3.74. The molecule has 0 spiro atoms. The third-order valence-electron chi connectivity index (χ3n) is 5.56. The quantitative estimate of drug-likeness (QED) is 0.325. The molecule has 3 aromatic heterocycles. The van der Waals surface area contributed by atoms with Crippen molar-refractivity contribution in [2.45, 2.75) is 26.3 Å². The Hall–Kier alpha value is -3.40. The van der Waals surface area contributed by atoms with Crippen molar-refractivity contribution in [3.05, 3.63) is 70.4 Å². The molecule has 35 heavy (non-hydrogen) atoms. The standard InChI is InChI=1S/C25H23ClFN6OP/c1-5-19(16-8-6-7-15(9-16)11-28)32-24-21(26)14(2)31-20-10-18(27)22(33-23(20)24)17-12-29-25(30-13-17)35(3,4)34/h6-10,12-13,19H,5H2,1-4H3,(H,31,32)/t19-/m1/s1. The first kappa shape index (κ1) is 24.7. The predicted octanol–water partition coefficient (Wildman–Crippen LogP) is 5.87. The van der Waals surface area contributed by atoms with Gasteiger partial charge >= 0.3 is 0 Å². The number of rotatable bonds is 6. The highest BCUT2D eigenvalue weighted by Crippen LogP contribution is 2.37. The molecule has 178 valence electrons. The minimum atomic E-state index is -2.65. The van der Waals surface area contributed by atoms with Crippen LogP contribution in [0, 0.1) is 24.1 Å². The van der Waals surface area contributed by atoms with Gasteiger partial charge in [0.2, 0.25) is 0 Å². The number of halogens is 2. The van der Waals surface area contributed by atoms with Crippen LogP contribution < -0.4 is 10.9 Å². The average Bonchev–Trinajstić information content (AvgIpc) is 2.84. The number of fused-ring (bicyclic) bond motifs is 1. The zero-order valence-electron chi connectivity index (χ0n) is 19.7. The smallest absolute Gasteiger partial charge is 0.188 e. The van der Waals surface area contributed by atoms with E-state index in [1.807, 2.05) is 25.1 Å². The Morgan fingerprint density at radius 1 is 1.20 bits per heavy atom. The van der Waals surface area contributed by atoms with Crippen molar-refractivity contribution in [1.82, 2.24) is 19.9 Å². The van der Waals surface area contributed by atoms with Gasteiger partial charge in [-0.3, -0.25) is 0 Å². The van der Waals surface area contributed by atoms with Gasteiger partial charge in [-0.1, -0.05) is 30.7 Å². The molecule has 0 bridgehead atoms. The number of aromatic nitrogens is 4. The summed E-state index contributed by atoms with van der Waals surface area (Å²) in [5, 5.41) is 13.1. The summed E-state index contributed by atoms with van der Waals surface area (Å²) in [5.41, 5.74) is 3.87. The van der Waals surface area contributed by atoms with Gasteiger partial charge in [-0.2, -0.15) is 5.26 Å². The Morgan fingerprint density at radius 2 is 1.91 bits per heavy atom. The van der Waals surface area contributed by atoms with Gasteiger partial charge < -0.3 is 9.88 Å². The van der Waals surface area contributed by atoms with E-state index in [1.165, 1.54) is 18.5 Å². The number of nitriles is 1. The number of pyridine rings is 2. The molecule has 10 heteroatoms. The van der Waals surface area contributed by atoms with Crippen LogP contribution in [-0.2, 0) is 4.57 Å². The highest BCUT2D eigenvalue weighted by atomic mass is 35.5. The molecule has 0 aliphatic heterocycles. The maximum absolute atomic E-state index is 15.1. The highest BCUT2D eigenvalue weighted by molar-refractivity contribution is 7.69. The van der Waals surface area contributed by atoms with E-state index in [-0.39, 0.29) is 17.3 Å². The predicted molar refractivity (Wildman–Crippen MR) is 137 cm³/mol.